The molecule has 0 amide bonds. The van der Waals surface area contributed by atoms with Crippen LogP contribution >= 0.6 is 0 Å². The van der Waals surface area contributed by atoms with Gasteiger partial charge >= 0.3 is 0 Å². The van der Waals surface area contributed by atoms with Gasteiger partial charge in [0.1, 0.15) is 18.5 Å². The van der Waals surface area contributed by atoms with E-state index in [2.05, 4.69) is 0 Å². The van der Waals surface area contributed by atoms with Crippen molar-refractivity contribution < 1.29 is 24.1 Å². The number of ether oxygens (including phenoxy) is 1. The highest BCUT2D eigenvalue weighted by Gasteiger charge is 2.08. The van der Waals surface area contributed by atoms with Crippen LogP contribution in [0.5, 0.6) is 5.75 Å². The average molecular weight is 242 g/mol. The second kappa shape index (κ2) is 6.32. The third-order valence-electron chi connectivity index (χ3n) is 2.09. The molecule has 0 aromatic heterocycles. The smallest absolute Gasteiger partial charge is 0.165 e. The molecule has 1 aromatic carbocycles. The number of carbonyl (C=O) groups excluding carboxylic acids is 1. The summed E-state index contributed by atoms with van der Waals surface area (Å²) in [5.41, 5.74) is 0.574. The molecule has 1 unspecified atom stereocenters. The Morgan fingerprint density at radius 3 is 2.76 bits per heavy atom. The maximum Gasteiger partial charge on any atom is 0.165 e. The lowest BCUT2D eigenvalue weighted by Gasteiger charge is -2.11. The fourth-order valence-electron chi connectivity index (χ4n) is 1.30. The van der Waals surface area contributed by atoms with Crippen LogP contribution in [0, 0.1) is 5.82 Å². The van der Waals surface area contributed by atoms with E-state index in [1.165, 1.54) is 19.1 Å². The summed E-state index contributed by atoms with van der Waals surface area (Å²) in [6.45, 7) is 0.809. The molecule has 0 aliphatic rings. The molecule has 0 heterocycles. The van der Waals surface area contributed by atoms with Crippen molar-refractivity contribution in [2.24, 2.45) is 0 Å². The van der Waals surface area contributed by atoms with Gasteiger partial charge in [-0.05, 0) is 24.6 Å². The van der Waals surface area contributed by atoms with Gasteiger partial charge in [-0.2, -0.15) is 0 Å². The Balaban J connectivity index is 2.66. The molecule has 0 aliphatic carbocycles. The standard InChI is InChI=1S/C12H15FO4/c1-8(15)4-9-2-3-12(11(13)5-9)17-7-10(16)6-14/h2-3,5,10,14,16H,4,6-7H2,1H3. The molecule has 0 aliphatic heterocycles. The van der Waals surface area contributed by atoms with Crippen molar-refractivity contribution in [3.05, 3.63) is 29.6 Å². The van der Waals surface area contributed by atoms with Crippen LogP contribution in [0.2, 0.25) is 0 Å². The topological polar surface area (TPSA) is 66.8 Å². The molecule has 94 valence electrons. The van der Waals surface area contributed by atoms with Crippen LogP contribution < -0.4 is 4.74 Å². The number of hydrogen-bond acceptors (Lipinski definition) is 4. The number of halogens is 1. The molecular formula is C12H15FO4. The highest BCUT2D eigenvalue weighted by molar-refractivity contribution is 5.78. The van der Waals surface area contributed by atoms with Gasteiger partial charge in [0.15, 0.2) is 11.6 Å². The summed E-state index contributed by atoms with van der Waals surface area (Å²) in [7, 11) is 0. The van der Waals surface area contributed by atoms with Crippen LogP contribution in [0.15, 0.2) is 18.2 Å². The number of Topliss-reactive ketones (excluding diaryl/α,β-unsaturated/α-hetero) is 1. The number of ketones is 1. The predicted octanol–water partition coefficient (Wildman–Crippen LogP) is 0.689. The molecule has 0 radical (unpaired) electrons. The molecule has 0 saturated heterocycles. The van der Waals surface area contributed by atoms with Crippen LogP contribution in [0.3, 0.4) is 0 Å². The zero-order valence-electron chi connectivity index (χ0n) is 9.52. The van der Waals surface area contributed by atoms with Gasteiger partial charge in [-0.1, -0.05) is 6.07 Å². The average Bonchev–Trinajstić information content (AvgIpc) is 2.26. The third kappa shape index (κ3) is 4.50. The zero-order chi connectivity index (χ0) is 12.8. The summed E-state index contributed by atoms with van der Waals surface area (Å²) in [5, 5.41) is 17.6. The van der Waals surface area contributed by atoms with Crippen molar-refractivity contribution in [3.63, 3.8) is 0 Å². The summed E-state index contributed by atoms with van der Waals surface area (Å²) in [6, 6.07) is 4.21. The van der Waals surface area contributed by atoms with E-state index in [0.717, 1.165) is 0 Å². The lowest BCUT2D eigenvalue weighted by Crippen LogP contribution is -2.21. The van der Waals surface area contributed by atoms with E-state index in [1.807, 2.05) is 0 Å². The fourth-order valence-corrected chi connectivity index (χ4v) is 1.30. The van der Waals surface area contributed by atoms with Crippen molar-refractivity contribution in [3.8, 4) is 5.75 Å². The summed E-state index contributed by atoms with van der Waals surface area (Å²) in [4.78, 5) is 10.8. The Hall–Kier alpha value is -1.46. The van der Waals surface area contributed by atoms with E-state index in [9.17, 15) is 9.18 Å². The Kier molecular flexibility index (Phi) is 5.06. The van der Waals surface area contributed by atoms with E-state index < -0.39 is 18.5 Å². The molecule has 5 heteroatoms. The number of rotatable bonds is 6. The number of aliphatic hydroxyl groups is 2. The summed E-state index contributed by atoms with van der Waals surface area (Å²) in [5.74, 6) is -0.646. The predicted molar refractivity (Wildman–Crippen MR) is 59.4 cm³/mol. The number of carbonyl (C=O) groups is 1. The van der Waals surface area contributed by atoms with Gasteiger partial charge in [0.25, 0.3) is 0 Å². The van der Waals surface area contributed by atoms with Gasteiger partial charge in [-0.3, -0.25) is 4.79 Å². The van der Waals surface area contributed by atoms with Gasteiger partial charge < -0.3 is 14.9 Å². The SMILES string of the molecule is CC(=O)Cc1ccc(OCC(O)CO)c(F)c1. The van der Waals surface area contributed by atoms with Crippen molar-refractivity contribution in [1.29, 1.82) is 0 Å². The Morgan fingerprint density at radius 1 is 1.53 bits per heavy atom. The van der Waals surface area contributed by atoms with E-state index in [1.54, 1.807) is 6.07 Å². The molecule has 1 atom stereocenters. The minimum Gasteiger partial charge on any atom is -0.488 e. The minimum absolute atomic E-state index is 0.00944. The minimum atomic E-state index is -1.04. The second-order valence-corrected chi connectivity index (χ2v) is 3.79. The van der Waals surface area contributed by atoms with Crippen LogP contribution in [-0.2, 0) is 11.2 Å². The van der Waals surface area contributed by atoms with E-state index in [-0.39, 0.29) is 24.6 Å². The Labute approximate surface area is 98.7 Å². The number of benzene rings is 1. The van der Waals surface area contributed by atoms with Crippen LogP contribution in [0.25, 0.3) is 0 Å². The number of aliphatic hydroxyl groups excluding tert-OH is 2. The molecule has 1 rings (SSSR count). The molecule has 0 saturated carbocycles. The lowest BCUT2D eigenvalue weighted by molar-refractivity contribution is -0.116. The lowest BCUT2D eigenvalue weighted by atomic mass is 10.1. The van der Waals surface area contributed by atoms with Crippen LogP contribution in [0.4, 0.5) is 4.39 Å². The summed E-state index contributed by atoms with van der Waals surface area (Å²) in [6.07, 6.45) is -0.859. The van der Waals surface area contributed by atoms with Gasteiger partial charge in [-0.25, -0.2) is 4.39 Å². The van der Waals surface area contributed by atoms with Crippen LogP contribution in [-0.4, -0.2) is 35.3 Å². The van der Waals surface area contributed by atoms with Crippen molar-refractivity contribution >= 4 is 5.78 Å². The molecule has 0 bridgehead atoms. The first-order valence-electron chi connectivity index (χ1n) is 5.22. The molecule has 4 nitrogen and oxygen atoms in total. The van der Waals surface area contributed by atoms with Gasteiger partial charge in [0.2, 0.25) is 0 Å². The molecule has 17 heavy (non-hydrogen) atoms. The quantitative estimate of drug-likeness (QED) is 0.770. The fraction of sp³-hybridized carbons (Fsp3) is 0.417. The molecule has 0 spiro atoms. The zero-order valence-corrected chi connectivity index (χ0v) is 9.52. The van der Waals surface area contributed by atoms with E-state index >= 15 is 0 Å². The Morgan fingerprint density at radius 2 is 2.24 bits per heavy atom. The van der Waals surface area contributed by atoms with Gasteiger partial charge in [-0.15, -0.1) is 0 Å². The maximum atomic E-state index is 13.5. The number of hydrogen-bond donors (Lipinski definition) is 2. The first-order chi connectivity index (χ1) is 8.02. The van der Waals surface area contributed by atoms with Crippen LogP contribution in [0.1, 0.15) is 12.5 Å². The molecular weight excluding hydrogens is 227 g/mol. The first kappa shape index (κ1) is 13.6. The molecule has 2 N–H and O–H groups in total. The van der Waals surface area contributed by atoms with E-state index in [0.29, 0.717) is 5.56 Å². The van der Waals surface area contributed by atoms with Crippen molar-refractivity contribution in [2.45, 2.75) is 19.4 Å². The maximum absolute atomic E-state index is 13.5. The normalized spacial score (nSPS) is 12.2. The van der Waals surface area contributed by atoms with Crippen molar-refractivity contribution in [1.82, 2.24) is 0 Å². The van der Waals surface area contributed by atoms with Gasteiger partial charge in [0, 0.05) is 6.42 Å². The summed E-state index contributed by atoms with van der Waals surface area (Å²) < 4.78 is 18.5. The first-order valence-corrected chi connectivity index (χ1v) is 5.22. The molecule has 0 fully saturated rings. The molecule has 1 aromatic rings. The summed E-state index contributed by atoms with van der Waals surface area (Å²) >= 11 is 0. The van der Waals surface area contributed by atoms with E-state index in [4.69, 9.17) is 14.9 Å². The van der Waals surface area contributed by atoms with Crippen molar-refractivity contribution in [2.75, 3.05) is 13.2 Å². The largest absolute Gasteiger partial charge is 0.488 e. The highest BCUT2D eigenvalue weighted by Crippen LogP contribution is 2.19. The van der Waals surface area contributed by atoms with Gasteiger partial charge in [0.05, 0.1) is 6.61 Å². The third-order valence-corrected chi connectivity index (χ3v) is 2.09. The highest BCUT2D eigenvalue weighted by atomic mass is 19.1. The second-order valence-electron chi connectivity index (χ2n) is 3.79. The Bertz CT molecular complexity index is 392. The monoisotopic (exact) mass is 242 g/mol.